The first-order chi connectivity index (χ1) is 18.1. The van der Waals surface area contributed by atoms with Crippen LogP contribution in [-0.2, 0) is 24.9 Å². The predicted octanol–water partition coefficient (Wildman–Crippen LogP) is 1.83. The molecule has 38 heavy (non-hydrogen) atoms. The molecular formula is C27H36N8O3. The van der Waals surface area contributed by atoms with Crippen LogP contribution < -0.4 is 33.2 Å². The predicted molar refractivity (Wildman–Crippen MR) is 144 cm³/mol. The van der Waals surface area contributed by atoms with Crippen LogP contribution in [-0.4, -0.2) is 26.9 Å². The quantitative estimate of drug-likeness (QED) is 0.119. The maximum atomic E-state index is 12.8. The molecule has 0 unspecified atom stereocenters. The van der Waals surface area contributed by atoms with E-state index < -0.39 is 18.0 Å². The lowest BCUT2D eigenvalue weighted by atomic mass is 9.86. The summed E-state index contributed by atoms with van der Waals surface area (Å²) in [6.07, 6.45) is 1.53. The summed E-state index contributed by atoms with van der Waals surface area (Å²) in [5.74, 6) is 10.3. The molecule has 0 saturated heterocycles. The van der Waals surface area contributed by atoms with Crippen LogP contribution in [0.2, 0.25) is 0 Å². The molecule has 11 heteroatoms. The lowest BCUT2D eigenvalue weighted by Crippen LogP contribution is -2.42. The van der Waals surface area contributed by atoms with Gasteiger partial charge in [-0.2, -0.15) is 0 Å². The summed E-state index contributed by atoms with van der Waals surface area (Å²) in [6.45, 7) is 8.53. The second-order valence-electron chi connectivity index (χ2n) is 9.90. The number of nitrogens with two attached hydrogens (primary N) is 2. The van der Waals surface area contributed by atoms with E-state index in [9.17, 15) is 14.7 Å². The lowest BCUT2D eigenvalue weighted by molar-refractivity contribution is 0.0944. The first kappa shape index (κ1) is 28.7. The average Bonchev–Trinajstić information content (AvgIpc) is 2.90. The van der Waals surface area contributed by atoms with E-state index in [0.717, 1.165) is 34.2 Å². The summed E-state index contributed by atoms with van der Waals surface area (Å²) < 4.78 is 0. The summed E-state index contributed by atoms with van der Waals surface area (Å²) in [5, 5.41) is 15.9. The third-order valence-corrected chi connectivity index (χ3v) is 6.17. The molecule has 2 amide bonds. The number of nitrogens with zero attached hydrogens (tertiary/aromatic N) is 2. The van der Waals surface area contributed by atoms with Gasteiger partial charge >= 0.3 is 0 Å². The van der Waals surface area contributed by atoms with Gasteiger partial charge in [-0.1, -0.05) is 58.0 Å². The van der Waals surface area contributed by atoms with Gasteiger partial charge in [0.05, 0.1) is 0 Å². The summed E-state index contributed by atoms with van der Waals surface area (Å²) in [5.41, 5.74) is 9.52. The topological polar surface area (TPSA) is 180 Å². The van der Waals surface area contributed by atoms with Crippen LogP contribution in [0.1, 0.15) is 82.7 Å². The number of hydrogen-bond donors (Lipinski definition) is 7. The van der Waals surface area contributed by atoms with E-state index in [0.29, 0.717) is 0 Å². The van der Waals surface area contributed by atoms with Crippen LogP contribution in [0.25, 0.3) is 0 Å². The second kappa shape index (κ2) is 12.6. The minimum Gasteiger partial charge on any atom is -0.508 e. The van der Waals surface area contributed by atoms with E-state index in [1.165, 1.54) is 12.4 Å². The number of benzene rings is 2. The van der Waals surface area contributed by atoms with Crippen LogP contribution >= 0.6 is 0 Å². The number of aromatic hydroxyl groups is 1. The number of hydrazine groups is 2. The van der Waals surface area contributed by atoms with Crippen molar-refractivity contribution in [2.45, 2.75) is 58.8 Å². The van der Waals surface area contributed by atoms with Crippen molar-refractivity contribution in [3.8, 4) is 5.75 Å². The molecular weight excluding hydrogens is 484 g/mol. The number of carbonyl (C=O) groups is 2. The maximum Gasteiger partial charge on any atom is 0.270 e. The van der Waals surface area contributed by atoms with Crippen molar-refractivity contribution in [3.05, 3.63) is 88.0 Å². The molecule has 202 valence electrons. The Hall–Kier alpha value is -3.90. The molecule has 0 saturated carbocycles. The Morgan fingerprint density at radius 2 is 1.53 bits per heavy atom. The zero-order valence-electron chi connectivity index (χ0n) is 22.1. The number of aromatic nitrogens is 2. The van der Waals surface area contributed by atoms with Gasteiger partial charge in [0.2, 0.25) is 0 Å². The maximum absolute atomic E-state index is 12.8. The molecule has 3 rings (SSSR count). The minimum absolute atomic E-state index is 0.0638. The van der Waals surface area contributed by atoms with E-state index in [2.05, 4.69) is 31.5 Å². The molecule has 0 bridgehead atoms. The van der Waals surface area contributed by atoms with Gasteiger partial charge in [0.25, 0.3) is 11.8 Å². The van der Waals surface area contributed by atoms with Crippen LogP contribution in [0, 0.1) is 0 Å². The molecule has 1 aromatic heterocycles. The zero-order chi connectivity index (χ0) is 27.9. The Balaban J connectivity index is 1.63. The van der Waals surface area contributed by atoms with Gasteiger partial charge in [0.1, 0.15) is 29.6 Å². The van der Waals surface area contributed by atoms with Gasteiger partial charge < -0.3 is 15.7 Å². The van der Waals surface area contributed by atoms with E-state index in [1.54, 1.807) is 6.07 Å². The number of nitrogens with one attached hydrogen (secondary N) is 4. The molecule has 0 aliphatic heterocycles. The van der Waals surface area contributed by atoms with E-state index >= 15 is 0 Å². The highest BCUT2D eigenvalue weighted by Crippen LogP contribution is 2.31. The fourth-order valence-corrected chi connectivity index (χ4v) is 4.03. The van der Waals surface area contributed by atoms with E-state index in [1.807, 2.05) is 58.0 Å². The number of amides is 2. The molecule has 1 heterocycles. The van der Waals surface area contributed by atoms with Crippen molar-refractivity contribution in [1.82, 2.24) is 31.5 Å². The standard InChI is InChI=1S/C27H36N8O3/c1-5-17-11-18(24(34-28)35-29)7-8-19(17)14-31-26(38)22-12-21(32-15-33-22)25(37)30-13-16-6-9-20(23(36)10-16)27(2,3)4/h6-12,15,24,34-36H,5,13-14,28-29H2,1-4H3,(H,30,37)(H,31,38). The number of hydrogen-bond acceptors (Lipinski definition) is 9. The highest BCUT2D eigenvalue weighted by Gasteiger charge is 2.19. The van der Waals surface area contributed by atoms with Crippen LogP contribution in [0.3, 0.4) is 0 Å². The molecule has 0 radical (unpaired) electrons. The fourth-order valence-electron chi connectivity index (χ4n) is 4.03. The van der Waals surface area contributed by atoms with Crippen molar-refractivity contribution in [2.24, 2.45) is 11.7 Å². The van der Waals surface area contributed by atoms with Crippen molar-refractivity contribution < 1.29 is 14.7 Å². The van der Waals surface area contributed by atoms with Gasteiger partial charge in [-0.05, 0) is 45.7 Å². The third kappa shape index (κ3) is 7.11. The SMILES string of the molecule is CCc1cc(C(NN)NN)ccc1CNC(=O)c1cc(C(=O)NCc2ccc(C(C)(C)C)c(O)c2)ncn1. The highest BCUT2D eigenvalue weighted by atomic mass is 16.3. The summed E-state index contributed by atoms with van der Waals surface area (Å²) >= 11 is 0. The Morgan fingerprint density at radius 1 is 0.895 bits per heavy atom. The van der Waals surface area contributed by atoms with Crippen molar-refractivity contribution in [2.75, 3.05) is 0 Å². The molecule has 0 atom stereocenters. The van der Waals surface area contributed by atoms with Gasteiger partial charge in [-0.25, -0.2) is 20.8 Å². The largest absolute Gasteiger partial charge is 0.508 e. The van der Waals surface area contributed by atoms with Crippen LogP contribution in [0.4, 0.5) is 0 Å². The highest BCUT2D eigenvalue weighted by molar-refractivity contribution is 5.97. The lowest BCUT2D eigenvalue weighted by Gasteiger charge is -2.20. The van der Waals surface area contributed by atoms with Crippen LogP contribution in [0.5, 0.6) is 5.75 Å². The van der Waals surface area contributed by atoms with Crippen LogP contribution in [0.15, 0.2) is 48.8 Å². The van der Waals surface area contributed by atoms with Gasteiger partial charge in [0, 0.05) is 19.2 Å². The smallest absolute Gasteiger partial charge is 0.270 e. The Morgan fingerprint density at radius 3 is 2.08 bits per heavy atom. The molecule has 0 aliphatic rings. The summed E-state index contributed by atoms with van der Waals surface area (Å²) in [6, 6.07) is 12.4. The molecule has 2 aromatic carbocycles. The van der Waals surface area contributed by atoms with Gasteiger partial charge in [-0.3, -0.25) is 21.3 Å². The Labute approximate surface area is 222 Å². The monoisotopic (exact) mass is 520 g/mol. The first-order valence-electron chi connectivity index (χ1n) is 12.3. The van der Waals surface area contributed by atoms with Crippen molar-refractivity contribution in [3.63, 3.8) is 0 Å². The number of carbonyl (C=O) groups excluding carboxylic acids is 2. The number of aryl methyl sites for hydroxylation is 1. The third-order valence-electron chi connectivity index (χ3n) is 6.17. The van der Waals surface area contributed by atoms with E-state index in [-0.39, 0.29) is 35.6 Å². The molecule has 9 N–H and O–H groups in total. The van der Waals surface area contributed by atoms with Crippen molar-refractivity contribution in [1.29, 1.82) is 0 Å². The molecule has 3 aromatic rings. The fraction of sp³-hybridized carbons (Fsp3) is 0.333. The van der Waals surface area contributed by atoms with Gasteiger partial charge in [0.15, 0.2) is 0 Å². The van der Waals surface area contributed by atoms with Crippen molar-refractivity contribution >= 4 is 11.8 Å². The summed E-state index contributed by atoms with van der Waals surface area (Å²) in [7, 11) is 0. The molecule has 0 fully saturated rings. The average molecular weight is 521 g/mol. The Kier molecular flexibility index (Phi) is 9.48. The summed E-state index contributed by atoms with van der Waals surface area (Å²) in [4.78, 5) is 33.5. The minimum atomic E-state index is -0.457. The zero-order valence-corrected chi connectivity index (χ0v) is 22.1. The molecule has 0 spiro atoms. The first-order valence-corrected chi connectivity index (χ1v) is 12.3. The second-order valence-corrected chi connectivity index (χ2v) is 9.90. The normalized spacial score (nSPS) is 11.4. The number of phenolic OH excluding ortho intramolecular Hbond substituents is 1. The number of rotatable bonds is 10. The van der Waals surface area contributed by atoms with Gasteiger partial charge in [-0.15, -0.1) is 0 Å². The number of phenols is 1. The molecule has 0 aliphatic carbocycles. The van der Waals surface area contributed by atoms with E-state index in [4.69, 9.17) is 11.7 Å². The Bertz CT molecular complexity index is 1290. The molecule has 11 nitrogen and oxygen atoms in total.